The van der Waals surface area contributed by atoms with E-state index in [2.05, 4.69) is 4.98 Å². The number of carbonyl (C=O) groups excluding carboxylic acids is 2. The van der Waals surface area contributed by atoms with Crippen molar-refractivity contribution >= 4 is 17.5 Å². The van der Waals surface area contributed by atoms with Crippen molar-refractivity contribution in [1.82, 2.24) is 9.88 Å². The molecule has 0 saturated carbocycles. The van der Waals surface area contributed by atoms with Crippen molar-refractivity contribution in [3.05, 3.63) is 59.9 Å². The van der Waals surface area contributed by atoms with Crippen LogP contribution in [-0.4, -0.2) is 53.5 Å². The highest BCUT2D eigenvalue weighted by molar-refractivity contribution is 5.96. The monoisotopic (exact) mass is 387 g/mol. The minimum absolute atomic E-state index is 0.0330. The second kappa shape index (κ2) is 7.27. The second-order valence-electron chi connectivity index (χ2n) is 7.11. The molecule has 1 aromatic carbocycles. The highest BCUT2D eigenvalue weighted by Gasteiger charge is 2.44. The van der Waals surface area contributed by atoms with Gasteiger partial charge in [-0.2, -0.15) is 0 Å². The number of ether oxygens (including phenoxy) is 1. The van der Waals surface area contributed by atoms with Gasteiger partial charge in [0.2, 0.25) is 0 Å². The zero-order valence-corrected chi connectivity index (χ0v) is 15.1. The number of pyridine rings is 1. The summed E-state index contributed by atoms with van der Waals surface area (Å²) >= 11 is 0. The fourth-order valence-corrected chi connectivity index (χ4v) is 3.81. The number of hydrogen-bond donors (Lipinski definition) is 0. The SMILES string of the molecule is O=C(c1ccncc1F)N1CCCC2(C1)CN(c1ccc(F)cc1)C(=O)CO2. The average Bonchev–Trinajstić information content (AvgIpc) is 2.71. The van der Waals surface area contributed by atoms with Crippen molar-refractivity contribution in [3.8, 4) is 0 Å². The van der Waals surface area contributed by atoms with Gasteiger partial charge in [-0.25, -0.2) is 8.78 Å². The van der Waals surface area contributed by atoms with Crippen LogP contribution < -0.4 is 4.90 Å². The maximum atomic E-state index is 14.0. The number of morpholine rings is 1. The number of halogens is 2. The van der Waals surface area contributed by atoms with Gasteiger partial charge < -0.3 is 14.5 Å². The van der Waals surface area contributed by atoms with E-state index in [0.717, 1.165) is 6.20 Å². The fourth-order valence-electron chi connectivity index (χ4n) is 3.81. The highest BCUT2D eigenvalue weighted by atomic mass is 19.1. The van der Waals surface area contributed by atoms with Gasteiger partial charge in [0.25, 0.3) is 11.8 Å². The van der Waals surface area contributed by atoms with Crippen LogP contribution in [0, 0.1) is 11.6 Å². The number of rotatable bonds is 2. The van der Waals surface area contributed by atoms with E-state index in [4.69, 9.17) is 4.74 Å². The van der Waals surface area contributed by atoms with Crippen LogP contribution in [0.2, 0.25) is 0 Å². The van der Waals surface area contributed by atoms with Gasteiger partial charge in [-0.1, -0.05) is 0 Å². The first-order valence-corrected chi connectivity index (χ1v) is 9.06. The summed E-state index contributed by atoms with van der Waals surface area (Å²) in [5, 5.41) is 0. The number of hydrogen-bond acceptors (Lipinski definition) is 4. The predicted octanol–water partition coefficient (Wildman–Crippen LogP) is 2.40. The molecule has 2 saturated heterocycles. The molecule has 4 rings (SSSR count). The summed E-state index contributed by atoms with van der Waals surface area (Å²) in [5.41, 5.74) is -0.188. The van der Waals surface area contributed by atoms with E-state index in [1.165, 1.54) is 24.4 Å². The Morgan fingerprint density at radius 3 is 2.68 bits per heavy atom. The molecule has 1 aromatic heterocycles. The number of likely N-dealkylation sites (tertiary alicyclic amines) is 1. The number of nitrogens with zero attached hydrogens (tertiary/aromatic N) is 3. The summed E-state index contributed by atoms with van der Waals surface area (Å²) in [4.78, 5) is 31.9. The molecule has 28 heavy (non-hydrogen) atoms. The Morgan fingerprint density at radius 1 is 1.14 bits per heavy atom. The Hall–Kier alpha value is -2.87. The van der Waals surface area contributed by atoms with Crippen molar-refractivity contribution in [1.29, 1.82) is 0 Å². The summed E-state index contributed by atoms with van der Waals surface area (Å²) < 4.78 is 33.1. The minimum atomic E-state index is -0.736. The summed E-state index contributed by atoms with van der Waals surface area (Å²) in [5.74, 6) is -1.69. The smallest absolute Gasteiger partial charge is 0.257 e. The molecule has 0 bridgehead atoms. The number of aromatic nitrogens is 1. The van der Waals surface area contributed by atoms with Crippen LogP contribution in [0.1, 0.15) is 23.2 Å². The first kappa shape index (κ1) is 18.5. The Morgan fingerprint density at radius 2 is 1.93 bits per heavy atom. The zero-order chi connectivity index (χ0) is 19.7. The van der Waals surface area contributed by atoms with E-state index < -0.39 is 17.3 Å². The van der Waals surface area contributed by atoms with Gasteiger partial charge in [-0.15, -0.1) is 0 Å². The molecule has 6 nitrogen and oxygen atoms in total. The lowest BCUT2D eigenvalue weighted by molar-refractivity contribution is -0.144. The van der Waals surface area contributed by atoms with E-state index in [-0.39, 0.29) is 37.0 Å². The number of benzene rings is 1. The number of carbonyl (C=O) groups is 2. The van der Waals surface area contributed by atoms with Gasteiger partial charge in [-0.05, 0) is 43.2 Å². The Bertz CT molecular complexity index is 906. The molecule has 2 fully saturated rings. The van der Waals surface area contributed by atoms with E-state index in [1.807, 2.05) is 0 Å². The average molecular weight is 387 g/mol. The number of anilines is 1. The van der Waals surface area contributed by atoms with Crippen LogP contribution >= 0.6 is 0 Å². The van der Waals surface area contributed by atoms with Gasteiger partial charge in [0.05, 0.1) is 24.8 Å². The lowest BCUT2D eigenvalue weighted by Crippen LogP contribution is -2.62. The summed E-state index contributed by atoms with van der Waals surface area (Å²) in [7, 11) is 0. The van der Waals surface area contributed by atoms with Crippen molar-refractivity contribution in [2.24, 2.45) is 0 Å². The van der Waals surface area contributed by atoms with E-state index in [0.29, 0.717) is 25.1 Å². The van der Waals surface area contributed by atoms with Crippen LogP contribution in [0.4, 0.5) is 14.5 Å². The van der Waals surface area contributed by atoms with Crippen LogP contribution in [-0.2, 0) is 9.53 Å². The maximum absolute atomic E-state index is 14.0. The maximum Gasteiger partial charge on any atom is 0.257 e. The lowest BCUT2D eigenvalue weighted by Gasteiger charge is -2.47. The third-order valence-corrected chi connectivity index (χ3v) is 5.22. The molecule has 1 atom stereocenters. The van der Waals surface area contributed by atoms with Gasteiger partial charge >= 0.3 is 0 Å². The van der Waals surface area contributed by atoms with Crippen LogP contribution in [0.3, 0.4) is 0 Å². The van der Waals surface area contributed by atoms with E-state index in [9.17, 15) is 18.4 Å². The van der Waals surface area contributed by atoms with Gasteiger partial charge in [0, 0.05) is 18.4 Å². The second-order valence-corrected chi connectivity index (χ2v) is 7.11. The molecule has 1 spiro atoms. The van der Waals surface area contributed by atoms with Crippen molar-refractivity contribution < 1.29 is 23.1 Å². The molecular formula is C20H19F2N3O3. The molecule has 0 radical (unpaired) electrons. The Kier molecular flexibility index (Phi) is 4.80. The van der Waals surface area contributed by atoms with E-state index >= 15 is 0 Å². The van der Waals surface area contributed by atoms with Crippen LogP contribution in [0.25, 0.3) is 0 Å². The molecule has 146 valence electrons. The van der Waals surface area contributed by atoms with Crippen LogP contribution in [0.15, 0.2) is 42.7 Å². The molecule has 2 aliphatic heterocycles. The molecule has 8 heteroatoms. The standard InChI is InChI=1S/C20H19F2N3O3/c21-14-2-4-15(5-3-14)25-13-20(28-11-18(25)26)7-1-9-24(12-20)19(27)16-6-8-23-10-17(16)22/h2-6,8,10H,1,7,9,11-13H2. The third-order valence-electron chi connectivity index (χ3n) is 5.22. The van der Waals surface area contributed by atoms with E-state index in [1.54, 1.807) is 21.9 Å². The van der Waals surface area contributed by atoms with Crippen molar-refractivity contribution in [2.75, 3.05) is 31.1 Å². The Balaban J connectivity index is 1.55. The first-order chi connectivity index (χ1) is 13.5. The lowest BCUT2D eigenvalue weighted by atomic mass is 9.90. The molecule has 1 unspecified atom stereocenters. The highest BCUT2D eigenvalue weighted by Crippen LogP contribution is 2.32. The molecule has 2 amide bonds. The topological polar surface area (TPSA) is 62.7 Å². The largest absolute Gasteiger partial charge is 0.361 e. The first-order valence-electron chi connectivity index (χ1n) is 9.06. The predicted molar refractivity (Wildman–Crippen MR) is 96.8 cm³/mol. The van der Waals surface area contributed by atoms with Crippen molar-refractivity contribution in [3.63, 3.8) is 0 Å². The van der Waals surface area contributed by atoms with Gasteiger partial charge in [-0.3, -0.25) is 14.6 Å². The fraction of sp³-hybridized carbons (Fsp3) is 0.350. The quantitative estimate of drug-likeness (QED) is 0.794. The molecule has 2 aliphatic rings. The molecule has 0 aliphatic carbocycles. The van der Waals surface area contributed by atoms with Crippen molar-refractivity contribution in [2.45, 2.75) is 18.4 Å². The summed E-state index contributed by atoms with van der Waals surface area (Å²) in [6.45, 7) is 0.859. The third kappa shape index (κ3) is 3.47. The van der Waals surface area contributed by atoms with Gasteiger partial charge in [0.15, 0.2) is 5.82 Å². The number of amides is 2. The van der Waals surface area contributed by atoms with Crippen LogP contribution in [0.5, 0.6) is 0 Å². The summed E-state index contributed by atoms with van der Waals surface area (Å²) in [6, 6.07) is 7.05. The minimum Gasteiger partial charge on any atom is -0.361 e. The molecular weight excluding hydrogens is 368 g/mol. The zero-order valence-electron chi connectivity index (χ0n) is 15.1. The molecule has 3 heterocycles. The summed E-state index contributed by atoms with van der Waals surface area (Å²) in [6.07, 6.45) is 3.73. The number of piperidine rings is 1. The molecule has 2 aromatic rings. The van der Waals surface area contributed by atoms with Gasteiger partial charge in [0.1, 0.15) is 18.0 Å². The molecule has 0 N–H and O–H groups in total. The normalized spacial score (nSPS) is 22.6. The Labute approximate surface area is 160 Å².